The molecule has 0 spiro atoms. The van der Waals surface area contributed by atoms with Gasteiger partial charge in [-0.05, 0) is 65.9 Å². The second-order valence-electron chi connectivity index (χ2n) is 7.23. The normalized spacial score (nSPS) is 11.2. The minimum atomic E-state index is -1.60. The van der Waals surface area contributed by atoms with Gasteiger partial charge in [-0.25, -0.2) is 9.37 Å². The lowest BCUT2D eigenvalue weighted by molar-refractivity contribution is -0.0425. The van der Waals surface area contributed by atoms with Gasteiger partial charge in [0.15, 0.2) is 12.1 Å². The molecule has 0 radical (unpaired) electrons. The SMILES string of the molecule is OC(O)c1ccnc(-n2nccc2OCc2ccc(Cl)cc2CCc2ccc(F)cc2)c1. The molecule has 164 valence electrons. The van der Waals surface area contributed by atoms with Gasteiger partial charge < -0.3 is 14.9 Å². The molecular weight excluding hydrogens is 433 g/mol. The van der Waals surface area contributed by atoms with Crippen molar-refractivity contribution in [3.05, 3.63) is 106 Å². The smallest absolute Gasteiger partial charge is 0.218 e. The lowest BCUT2D eigenvalue weighted by Gasteiger charge is -2.13. The lowest BCUT2D eigenvalue weighted by atomic mass is 10.00. The second-order valence-corrected chi connectivity index (χ2v) is 7.67. The first-order chi connectivity index (χ1) is 15.5. The van der Waals surface area contributed by atoms with Gasteiger partial charge in [0.25, 0.3) is 0 Å². The van der Waals surface area contributed by atoms with Gasteiger partial charge in [-0.15, -0.1) is 0 Å². The van der Waals surface area contributed by atoms with Crippen LogP contribution in [-0.2, 0) is 19.4 Å². The molecule has 0 unspecified atom stereocenters. The third-order valence-electron chi connectivity index (χ3n) is 5.03. The molecule has 0 bridgehead atoms. The highest BCUT2D eigenvalue weighted by molar-refractivity contribution is 6.30. The van der Waals surface area contributed by atoms with E-state index in [1.54, 1.807) is 24.4 Å². The van der Waals surface area contributed by atoms with Crippen molar-refractivity contribution in [2.75, 3.05) is 0 Å². The fourth-order valence-corrected chi connectivity index (χ4v) is 3.53. The summed E-state index contributed by atoms with van der Waals surface area (Å²) in [7, 11) is 0. The van der Waals surface area contributed by atoms with Gasteiger partial charge in [0.1, 0.15) is 12.4 Å². The van der Waals surface area contributed by atoms with Crippen molar-refractivity contribution >= 4 is 11.6 Å². The minimum absolute atomic E-state index is 0.254. The molecule has 0 aliphatic heterocycles. The molecule has 4 rings (SSSR count). The summed E-state index contributed by atoms with van der Waals surface area (Å²) in [4.78, 5) is 4.23. The highest BCUT2D eigenvalue weighted by Crippen LogP contribution is 2.23. The fraction of sp³-hybridized carbons (Fsp3) is 0.167. The van der Waals surface area contributed by atoms with E-state index in [1.807, 2.05) is 18.2 Å². The number of pyridine rings is 1. The molecule has 0 fully saturated rings. The van der Waals surface area contributed by atoms with E-state index < -0.39 is 6.29 Å². The summed E-state index contributed by atoms with van der Waals surface area (Å²) < 4.78 is 20.6. The summed E-state index contributed by atoms with van der Waals surface area (Å²) in [6, 6.07) is 16.9. The monoisotopic (exact) mass is 453 g/mol. The Balaban J connectivity index is 1.50. The molecule has 0 saturated heterocycles. The molecule has 2 aromatic carbocycles. The average Bonchev–Trinajstić information content (AvgIpc) is 3.27. The summed E-state index contributed by atoms with van der Waals surface area (Å²) in [5.41, 5.74) is 3.35. The van der Waals surface area contributed by atoms with Crippen molar-refractivity contribution in [2.45, 2.75) is 25.7 Å². The van der Waals surface area contributed by atoms with Gasteiger partial charge >= 0.3 is 0 Å². The number of ether oxygens (including phenoxy) is 1. The second kappa shape index (κ2) is 9.91. The van der Waals surface area contributed by atoms with E-state index in [-0.39, 0.29) is 12.4 Å². The Kier molecular flexibility index (Phi) is 6.80. The molecule has 0 aliphatic carbocycles. The largest absolute Gasteiger partial charge is 0.473 e. The zero-order valence-corrected chi connectivity index (χ0v) is 17.8. The Morgan fingerprint density at radius 2 is 1.75 bits per heavy atom. The molecule has 8 heteroatoms. The zero-order chi connectivity index (χ0) is 22.5. The van der Waals surface area contributed by atoms with Crippen LogP contribution in [-0.4, -0.2) is 25.0 Å². The quantitative estimate of drug-likeness (QED) is 0.386. The van der Waals surface area contributed by atoms with E-state index in [4.69, 9.17) is 16.3 Å². The van der Waals surface area contributed by atoms with Crippen LogP contribution in [0, 0.1) is 5.82 Å². The molecule has 32 heavy (non-hydrogen) atoms. The highest BCUT2D eigenvalue weighted by Gasteiger charge is 2.12. The molecule has 0 saturated carbocycles. The Bertz CT molecular complexity index is 1200. The molecule has 0 aliphatic rings. The number of hydrogen-bond donors (Lipinski definition) is 2. The third-order valence-corrected chi connectivity index (χ3v) is 5.27. The van der Waals surface area contributed by atoms with E-state index in [2.05, 4.69) is 10.1 Å². The Labute approximate surface area is 189 Å². The van der Waals surface area contributed by atoms with E-state index in [0.717, 1.165) is 29.5 Å². The molecule has 6 nitrogen and oxygen atoms in total. The van der Waals surface area contributed by atoms with Crippen LogP contribution in [0.5, 0.6) is 5.88 Å². The van der Waals surface area contributed by atoms with Gasteiger partial charge in [0, 0.05) is 22.8 Å². The Hall–Kier alpha value is -3.26. The predicted octanol–water partition coefficient (Wildman–Crippen LogP) is 4.41. The van der Waals surface area contributed by atoms with Crippen LogP contribution in [0.4, 0.5) is 4.39 Å². The van der Waals surface area contributed by atoms with Crippen molar-refractivity contribution in [3.8, 4) is 11.7 Å². The summed E-state index contributed by atoms with van der Waals surface area (Å²) in [5.74, 6) is 0.612. The minimum Gasteiger partial charge on any atom is -0.473 e. The van der Waals surface area contributed by atoms with Crippen LogP contribution < -0.4 is 4.74 Å². The summed E-state index contributed by atoms with van der Waals surface area (Å²) in [5, 5.41) is 23.7. The molecule has 0 atom stereocenters. The third kappa shape index (κ3) is 5.31. The van der Waals surface area contributed by atoms with Crippen LogP contribution in [0.25, 0.3) is 5.82 Å². The van der Waals surface area contributed by atoms with Crippen LogP contribution >= 0.6 is 11.6 Å². The summed E-state index contributed by atoms with van der Waals surface area (Å²) in [6.45, 7) is 0.282. The summed E-state index contributed by atoms with van der Waals surface area (Å²) in [6.07, 6.45) is 2.92. The van der Waals surface area contributed by atoms with E-state index in [0.29, 0.717) is 22.3 Å². The number of aliphatic hydroxyl groups excluding tert-OH is 1. The summed E-state index contributed by atoms with van der Waals surface area (Å²) >= 11 is 6.21. The van der Waals surface area contributed by atoms with E-state index in [9.17, 15) is 14.6 Å². The Morgan fingerprint density at radius 1 is 0.938 bits per heavy atom. The van der Waals surface area contributed by atoms with Crippen LogP contribution in [0.1, 0.15) is 28.5 Å². The predicted molar refractivity (Wildman–Crippen MR) is 118 cm³/mol. The van der Waals surface area contributed by atoms with Crippen molar-refractivity contribution in [2.24, 2.45) is 0 Å². The van der Waals surface area contributed by atoms with Crippen LogP contribution in [0.3, 0.4) is 0 Å². The number of rotatable bonds is 8. The van der Waals surface area contributed by atoms with E-state index >= 15 is 0 Å². The molecule has 2 N–H and O–H groups in total. The van der Waals surface area contributed by atoms with Crippen molar-refractivity contribution in [1.82, 2.24) is 14.8 Å². The number of halogens is 2. The number of aryl methyl sites for hydroxylation is 2. The number of hydrogen-bond acceptors (Lipinski definition) is 5. The molecule has 4 aromatic rings. The topological polar surface area (TPSA) is 80.4 Å². The van der Waals surface area contributed by atoms with Gasteiger partial charge in [-0.2, -0.15) is 9.78 Å². The average molecular weight is 454 g/mol. The molecule has 2 aromatic heterocycles. The van der Waals surface area contributed by atoms with Crippen molar-refractivity contribution in [1.29, 1.82) is 0 Å². The van der Waals surface area contributed by atoms with Gasteiger partial charge in [-0.1, -0.05) is 29.8 Å². The maximum Gasteiger partial charge on any atom is 0.218 e. The van der Waals surface area contributed by atoms with Crippen molar-refractivity contribution < 1.29 is 19.3 Å². The standard InChI is InChI=1S/C24H21ClFN3O3/c25-20-6-5-19(17(13-20)4-1-16-2-7-21(26)8-3-16)15-32-23-10-12-28-29(23)22-14-18(24(30)31)9-11-27-22/h2-3,5-14,24,30-31H,1,4,15H2. The van der Waals surface area contributed by atoms with Gasteiger partial charge in [0.2, 0.25) is 5.88 Å². The number of aromatic nitrogens is 3. The van der Waals surface area contributed by atoms with E-state index in [1.165, 1.54) is 35.1 Å². The number of nitrogens with zero attached hydrogens (tertiary/aromatic N) is 3. The first kappa shape index (κ1) is 22.0. The van der Waals surface area contributed by atoms with Crippen LogP contribution in [0.15, 0.2) is 73.1 Å². The molecule has 2 heterocycles. The maximum absolute atomic E-state index is 13.1. The fourth-order valence-electron chi connectivity index (χ4n) is 3.33. The number of benzene rings is 2. The molecule has 0 amide bonds. The Morgan fingerprint density at radius 3 is 2.53 bits per heavy atom. The van der Waals surface area contributed by atoms with Crippen molar-refractivity contribution in [3.63, 3.8) is 0 Å². The number of aliphatic hydroxyl groups is 2. The lowest BCUT2D eigenvalue weighted by Crippen LogP contribution is -2.07. The maximum atomic E-state index is 13.1. The first-order valence-electron chi connectivity index (χ1n) is 10.0. The van der Waals surface area contributed by atoms with Gasteiger partial charge in [-0.3, -0.25) is 0 Å². The highest BCUT2D eigenvalue weighted by atomic mass is 35.5. The molecular formula is C24H21ClFN3O3. The van der Waals surface area contributed by atoms with Crippen LogP contribution in [0.2, 0.25) is 5.02 Å². The zero-order valence-electron chi connectivity index (χ0n) is 17.0. The first-order valence-corrected chi connectivity index (χ1v) is 10.4. The van der Waals surface area contributed by atoms with Gasteiger partial charge in [0.05, 0.1) is 6.20 Å².